The highest BCUT2D eigenvalue weighted by Gasteiger charge is 2.36. The van der Waals surface area contributed by atoms with Gasteiger partial charge in [0.2, 0.25) is 0 Å². The van der Waals surface area contributed by atoms with Gasteiger partial charge >= 0.3 is 6.09 Å². The van der Waals surface area contributed by atoms with Gasteiger partial charge in [-0.05, 0) is 55.5 Å². The van der Waals surface area contributed by atoms with E-state index in [0.29, 0.717) is 25.2 Å². The fourth-order valence-corrected chi connectivity index (χ4v) is 5.27. The summed E-state index contributed by atoms with van der Waals surface area (Å²) in [5.41, 5.74) is 12.4. The van der Waals surface area contributed by atoms with E-state index in [4.69, 9.17) is 19.9 Å². The van der Waals surface area contributed by atoms with Crippen LogP contribution in [0.3, 0.4) is 0 Å². The number of carbonyl (C=O) groups is 1. The number of nitrogens with two attached hydrogens (primary N) is 1. The second-order valence-electron chi connectivity index (χ2n) is 10.5. The molecule has 4 aromatic rings. The average Bonchev–Trinajstić information content (AvgIpc) is 3.90. The van der Waals surface area contributed by atoms with Crippen LogP contribution in [-0.4, -0.2) is 38.0 Å². The molecule has 1 atom stereocenters. The number of aromatic nitrogens is 1. The molecule has 7 heteroatoms. The molecular formula is C32H35N3O4. The summed E-state index contributed by atoms with van der Waals surface area (Å²) in [6.07, 6.45) is 3.86. The number of anilines is 2. The van der Waals surface area contributed by atoms with Crippen LogP contribution < -0.4 is 15.4 Å². The summed E-state index contributed by atoms with van der Waals surface area (Å²) in [7, 11) is 3.42. The molecule has 0 spiro atoms. The lowest BCUT2D eigenvalue weighted by Crippen LogP contribution is -2.29. The number of nitrogens with zero attached hydrogens (tertiary/aromatic N) is 2. The molecule has 1 heterocycles. The predicted molar refractivity (Wildman–Crippen MR) is 154 cm³/mol. The summed E-state index contributed by atoms with van der Waals surface area (Å²) in [4.78, 5) is 14.7. The van der Waals surface area contributed by atoms with E-state index in [2.05, 4.69) is 10.6 Å². The summed E-state index contributed by atoms with van der Waals surface area (Å²) in [5, 5.41) is 1.02. The third kappa shape index (κ3) is 5.19. The van der Waals surface area contributed by atoms with Gasteiger partial charge in [0, 0.05) is 48.8 Å². The molecular weight excluding hydrogens is 490 g/mol. The maximum atomic E-state index is 13.1. The summed E-state index contributed by atoms with van der Waals surface area (Å²) in [5.74, 6) is 1.20. The normalized spacial score (nSPS) is 15.7. The minimum absolute atomic E-state index is 0.210. The number of rotatable bonds is 10. The molecule has 0 saturated heterocycles. The summed E-state index contributed by atoms with van der Waals surface area (Å²) >= 11 is 0. The molecule has 1 amide bonds. The third-order valence-electron chi connectivity index (χ3n) is 7.69. The number of benzene rings is 3. The lowest BCUT2D eigenvalue weighted by molar-refractivity contribution is 0.0922. The van der Waals surface area contributed by atoms with Crippen LogP contribution in [0.15, 0.2) is 72.8 Å². The Morgan fingerprint density at radius 3 is 2.41 bits per heavy atom. The molecule has 2 N–H and O–H groups in total. The van der Waals surface area contributed by atoms with Crippen LogP contribution in [0.1, 0.15) is 43.4 Å². The number of nitrogen functional groups attached to an aromatic ring is 1. The largest absolute Gasteiger partial charge is 0.491 e. The van der Waals surface area contributed by atoms with Crippen molar-refractivity contribution in [1.82, 2.24) is 4.57 Å². The topological polar surface area (TPSA) is 79.0 Å². The molecule has 0 radical (unpaired) electrons. The van der Waals surface area contributed by atoms with Gasteiger partial charge in [-0.2, -0.15) is 0 Å². The van der Waals surface area contributed by atoms with Crippen molar-refractivity contribution in [1.29, 1.82) is 0 Å². The van der Waals surface area contributed by atoms with E-state index in [9.17, 15) is 4.79 Å². The molecule has 2 aliphatic rings. The van der Waals surface area contributed by atoms with E-state index < -0.39 is 0 Å². The van der Waals surface area contributed by atoms with E-state index >= 15 is 0 Å². The van der Waals surface area contributed by atoms with Crippen molar-refractivity contribution in [3.05, 3.63) is 78.4 Å². The lowest BCUT2D eigenvalue weighted by atomic mass is 10.1. The molecule has 2 aliphatic carbocycles. The van der Waals surface area contributed by atoms with Crippen molar-refractivity contribution < 1.29 is 19.0 Å². The van der Waals surface area contributed by atoms with Crippen molar-refractivity contribution >= 4 is 28.4 Å². The minimum Gasteiger partial charge on any atom is -0.491 e. The zero-order valence-electron chi connectivity index (χ0n) is 22.5. The zero-order valence-corrected chi connectivity index (χ0v) is 22.5. The number of hydrogen-bond acceptors (Lipinski definition) is 5. The van der Waals surface area contributed by atoms with Gasteiger partial charge in [0.1, 0.15) is 18.5 Å². The van der Waals surface area contributed by atoms with Gasteiger partial charge in [-0.15, -0.1) is 0 Å². The number of amides is 1. The van der Waals surface area contributed by atoms with Gasteiger partial charge in [0.05, 0.1) is 23.5 Å². The molecule has 3 aromatic carbocycles. The molecule has 1 unspecified atom stereocenters. The van der Waals surface area contributed by atoms with Crippen molar-refractivity contribution in [2.75, 3.05) is 38.0 Å². The molecule has 1 aromatic heterocycles. The van der Waals surface area contributed by atoms with E-state index in [-0.39, 0.29) is 12.2 Å². The van der Waals surface area contributed by atoms with Crippen LogP contribution in [0.2, 0.25) is 0 Å². The van der Waals surface area contributed by atoms with E-state index in [1.807, 2.05) is 66.7 Å². The van der Waals surface area contributed by atoms with Gasteiger partial charge in [-0.25, -0.2) is 4.79 Å². The molecule has 0 bridgehead atoms. The molecule has 0 aliphatic heterocycles. The molecule has 6 rings (SSSR count). The fourth-order valence-electron chi connectivity index (χ4n) is 5.27. The summed E-state index contributed by atoms with van der Waals surface area (Å²) in [6, 6.07) is 24.5. The lowest BCUT2D eigenvalue weighted by Gasteiger charge is -2.23. The molecule has 202 valence electrons. The van der Waals surface area contributed by atoms with Gasteiger partial charge in [0.15, 0.2) is 0 Å². The third-order valence-corrected chi connectivity index (χ3v) is 7.69. The fraction of sp³-hybridized carbons (Fsp3) is 0.344. The Kier molecular flexibility index (Phi) is 6.92. The van der Waals surface area contributed by atoms with Crippen LogP contribution in [0.4, 0.5) is 16.2 Å². The van der Waals surface area contributed by atoms with Crippen LogP contribution in [0.5, 0.6) is 5.75 Å². The first-order valence-electron chi connectivity index (χ1n) is 13.7. The quantitative estimate of drug-likeness (QED) is 0.226. The number of methoxy groups -OCH3 is 1. The molecule has 2 saturated carbocycles. The Hall–Kier alpha value is -3.97. The standard InChI is InChI=1S/C32H35N3O4/c1-34(32(36)39-31(23-8-9-23)22-6-4-3-5-7-22)24-12-10-21(11-13-24)30-29(33)27-17-16-26(38-19-18-37-2)20-28(27)35(30)25-14-15-25/h3-7,10-13,16-17,20,23,25,31H,8-9,14-15,18-19,33H2,1-2H3. The van der Waals surface area contributed by atoms with Gasteiger partial charge in [0.25, 0.3) is 0 Å². The van der Waals surface area contributed by atoms with Gasteiger partial charge in [-0.1, -0.05) is 42.5 Å². The van der Waals surface area contributed by atoms with Gasteiger partial charge in [-0.3, -0.25) is 4.90 Å². The first-order chi connectivity index (χ1) is 19.0. The Morgan fingerprint density at radius 2 is 1.74 bits per heavy atom. The van der Waals surface area contributed by atoms with Crippen LogP contribution in [0, 0.1) is 5.92 Å². The highest BCUT2D eigenvalue weighted by Crippen LogP contribution is 2.47. The summed E-state index contributed by atoms with van der Waals surface area (Å²) < 4.78 is 19.3. The SMILES string of the molecule is COCCOc1ccc2c(N)c(-c3ccc(N(C)C(=O)OC(c4ccccc4)C4CC4)cc3)n(C3CC3)c2c1. The summed E-state index contributed by atoms with van der Waals surface area (Å²) in [6.45, 7) is 1.04. The average molecular weight is 526 g/mol. The van der Waals surface area contributed by atoms with Crippen molar-refractivity contribution in [2.24, 2.45) is 5.92 Å². The Bertz CT molecular complexity index is 1460. The molecule has 2 fully saturated rings. The highest BCUT2D eigenvalue weighted by molar-refractivity contribution is 6.02. The van der Waals surface area contributed by atoms with E-state index in [1.54, 1.807) is 19.1 Å². The van der Waals surface area contributed by atoms with Gasteiger partial charge < -0.3 is 24.5 Å². The Balaban J connectivity index is 1.24. The molecule has 39 heavy (non-hydrogen) atoms. The van der Waals surface area contributed by atoms with Crippen LogP contribution >= 0.6 is 0 Å². The smallest absolute Gasteiger partial charge is 0.414 e. The highest BCUT2D eigenvalue weighted by atomic mass is 16.6. The first-order valence-corrected chi connectivity index (χ1v) is 13.7. The zero-order chi connectivity index (χ0) is 26.9. The first kappa shape index (κ1) is 25.3. The molecule has 7 nitrogen and oxygen atoms in total. The number of fused-ring (bicyclic) bond motifs is 1. The number of hydrogen-bond donors (Lipinski definition) is 1. The van der Waals surface area contributed by atoms with Crippen molar-refractivity contribution in [3.8, 4) is 17.0 Å². The monoisotopic (exact) mass is 525 g/mol. The second kappa shape index (κ2) is 10.7. The minimum atomic E-state index is -0.351. The number of ether oxygens (including phenoxy) is 3. The Morgan fingerprint density at radius 1 is 1.00 bits per heavy atom. The number of carbonyl (C=O) groups excluding carboxylic acids is 1. The predicted octanol–water partition coefficient (Wildman–Crippen LogP) is 6.97. The van der Waals surface area contributed by atoms with Crippen LogP contribution in [0.25, 0.3) is 22.2 Å². The van der Waals surface area contributed by atoms with Crippen molar-refractivity contribution in [2.45, 2.75) is 37.8 Å². The maximum absolute atomic E-state index is 13.1. The van der Waals surface area contributed by atoms with Crippen LogP contribution in [-0.2, 0) is 9.47 Å². The second-order valence-corrected chi connectivity index (χ2v) is 10.5. The Labute approximate surface area is 229 Å². The van der Waals surface area contributed by atoms with E-state index in [0.717, 1.165) is 70.5 Å². The van der Waals surface area contributed by atoms with E-state index in [1.165, 1.54) is 0 Å². The van der Waals surface area contributed by atoms with Crippen molar-refractivity contribution in [3.63, 3.8) is 0 Å². The maximum Gasteiger partial charge on any atom is 0.414 e.